The van der Waals surface area contributed by atoms with Crippen molar-refractivity contribution >= 4 is 45.5 Å². The van der Waals surface area contributed by atoms with Crippen molar-refractivity contribution in [2.24, 2.45) is 0 Å². The number of imide groups is 1. The molecular formula is C26H32N6O5. The maximum absolute atomic E-state index is 12.2. The van der Waals surface area contributed by atoms with Crippen LogP contribution in [0.3, 0.4) is 0 Å². The molecule has 0 saturated carbocycles. The first-order valence-electron chi connectivity index (χ1n) is 12.3. The van der Waals surface area contributed by atoms with Gasteiger partial charge in [-0.2, -0.15) is 0 Å². The predicted octanol–water partition coefficient (Wildman–Crippen LogP) is 1.93. The summed E-state index contributed by atoms with van der Waals surface area (Å²) >= 11 is 0. The highest BCUT2D eigenvalue weighted by Gasteiger charge is 2.26. The average molecular weight is 509 g/mol. The van der Waals surface area contributed by atoms with Crippen LogP contribution in [-0.4, -0.2) is 69.1 Å². The Balaban J connectivity index is 1.41. The fraction of sp³-hybridized carbons (Fsp3) is 0.423. The van der Waals surface area contributed by atoms with Crippen LogP contribution in [0.1, 0.15) is 33.0 Å². The van der Waals surface area contributed by atoms with Crippen molar-refractivity contribution in [3.63, 3.8) is 0 Å². The van der Waals surface area contributed by atoms with Gasteiger partial charge in [-0.05, 0) is 26.8 Å². The van der Waals surface area contributed by atoms with Crippen LogP contribution in [-0.2, 0) is 37.0 Å². The molecule has 1 aliphatic heterocycles. The predicted molar refractivity (Wildman–Crippen MR) is 138 cm³/mol. The normalized spacial score (nSPS) is 13.9. The Hall–Kier alpha value is -3.83. The Morgan fingerprint density at radius 2 is 1.86 bits per heavy atom. The lowest BCUT2D eigenvalue weighted by Crippen LogP contribution is -2.37. The number of para-hydroxylation sites is 1. The number of imidazole rings is 1. The molecule has 1 aromatic carbocycles. The van der Waals surface area contributed by atoms with Crippen LogP contribution in [0.25, 0.3) is 21.9 Å². The van der Waals surface area contributed by atoms with E-state index in [1.807, 2.05) is 45.0 Å². The first kappa shape index (κ1) is 26.2. The number of hydrogen-bond donors (Lipinski definition) is 2. The van der Waals surface area contributed by atoms with E-state index in [1.54, 1.807) is 0 Å². The van der Waals surface area contributed by atoms with Gasteiger partial charge in [-0.1, -0.05) is 18.2 Å². The monoisotopic (exact) mass is 508 g/mol. The SMILES string of the molecule is CCOCc1nc2c(N)nc3ccccc3c2n1CC(C)(C)OCCNC(=O)CCN1C(=O)C=CC1=O. The lowest BCUT2D eigenvalue weighted by molar-refractivity contribution is -0.137. The number of fused-ring (bicyclic) bond motifs is 3. The summed E-state index contributed by atoms with van der Waals surface area (Å²) in [6.07, 6.45) is 2.44. The number of rotatable bonds is 12. The van der Waals surface area contributed by atoms with Crippen molar-refractivity contribution < 1.29 is 23.9 Å². The molecule has 0 unspecified atom stereocenters. The summed E-state index contributed by atoms with van der Waals surface area (Å²) in [4.78, 5) is 45.6. The van der Waals surface area contributed by atoms with E-state index in [2.05, 4.69) is 14.9 Å². The number of anilines is 1. The fourth-order valence-electron chi connectivity index (χ4n) is 4.28. The maximum atomic E-state index is 12.2. The highest BCUT2D eigenvalue weighted by atomic mass is 16.5. The van der Waals surface area contributed by atoms with Gasteiger partial charge in [0, 0.05) is 43.7 Å². The number of carbonyl (C=O) groups excluding carboxylic acids is 3. The zero-order valence-corrected chi connectivity index (χ0v) is 21.3. The summed E-state index contributed by atoms with van der Waals surface area (Å²) < 4.78 is 13.9. The molecule has 3 amide bonds. The highest BCUT2D eigenvalue weighted by molar-refractivity contribution is 6.13. The molecule has 0 bridgehead atoms. The third kappa shape index (κ3) is 5.95. The van der Waals surface area contributed by atoms with E-state index in [0.717, 1.165) is 27.1 Å². The number of aromatic nitrogens is 3. The first-order valence-corrected chi connectivity index (χ1v) is 12.3. The van der Waals surface area contributed by atoms with E-state index in [4.69, 9.17) is 20.2 Å². The van der Waals surface area contributed by atoms with Gasteiger partial charge >= 0.3 is 0 Å². The Labute approximate surface area is 214 Å². The van der Waals surface area contributed by atoms with Gasteiger partial charge in [0.05, 0.1) is 29.8 Å². The van der Waals surface area contributed by atoms with E-state index in [9.17, 15) is 14.4 Å². The quantitative estimate of drug-likeness (QED) is 0.279. The Morgan fingerprint density at radius 1 is 1.14 bits per heavy atom. The second-order valence-corrected chi connectivity index (χ2v) is 9.33. The summed E-state index contributed by atoms with van der Waals surface area (Å²) in [5.41, 5.74) is 7.94. The number of nitrogen functional groups attached to an aromatic ring is 1. The van der Waals surface area contributed by atoms with Crippen LogP contribution in [0.2, 0.25) is 0 Å². The van der Waals surface area contributed by atoms with Crippen molar-refractivity contribution in [3.05, 3.63) is 42.2 Å². The molecule has 11 nitrogen and oxygen atoms in total. The molecule has 3 heterocycles. The van der Waals surface area contributed by atoms with Crippen molar-refractivity contribution in [2.75, 3.05) is 32.0 Å². The standard InChI is InChI=1S/C26H32N6O5/c1-4-36-15-19-30-23-24(17-7-5-6-8-18(17)29-25(23)27)32(19)16-26(2,3)37-14-12-28-20(33)11-13-31-21(34)9-10-22(31)35/h5-10H,4,11-16H2,1-3H3,(H2,27,29)(H,28,33). The summed E-state index contributed by atoms with van der Waals surface area (Å²) in [6, 6.07) is 7.79. The van der Waals surface area contributed by atoms with Gasteiger partial charge < -0.3 is 25.1 Å². The molecule has 1 aliphatic rings. The number of amides is 3. The van der Waals surface area contributed by atoms with E-state index in [-0.39, 0.29) is 25.5 Å². The Morgan fingerprint density at radius 3 is 2.59 bits per heavy atom. The van der Waals surface area contributed by atoms with Crippen LogP contribution in [0.5, 0.6) is 0 Å². The molecule has 0 atom stereocenters. The van der Waals surface area contributed by atoms with Crippen LogP contribution < -0.4 is 11.1 Å². The minimum absolute atomic E-state index is 0.0346. The molecule has 11 heteroatoms. The molecule has 2 aromatic heterocycles. The summed E-state index contributed by atoms with van der Waals surface area (Å²) in [7, 11) is 0. The molecule has 0 saturated heterocycles. The summed E-state index contributed by atoms with van der Waals surface area (Å²) in [5.74, 6) is 0.0303. The largest absolute Gasteiger partial charge is 0.382 e. The average Bonchev–Trinajstić information content (AvgIpc) is 3.38. The molecule has 4 rings (SSSR count). The van der Waals surface area contributed by atoms with E-state index in [1.165, 1.54) is 12.2 Å². The smallest absolute Gasteiger partial charge is 0.253 e. The third-order valence-corrected chi connectivity index (χ3v) is 6.04. The van der Waals surface area contributed by atoms with Crippen LogP contribution >= 0.6 is 0 Å². The molecular weight excluding hydrogens is 476 g/mol. The van der Waals surface area contributed by atoms with Gasteiger partial charge in [0.15, 0.2) is 5.82 Å². The van der Waals surface area contributed by atoms with Crippen molar-refractivity contribution in [2.45, 2.75) is 45.9 Å². The van der Waals surface area contributed by atoms with Gasteiger partial charge in [0.1, 0.15) is 17.9 Å². The Bertz CT molecular complexity index is 1340. The number of nitrogens with two attached hydrogens (primary N) is 1. The van der Waals surface area contributed by atoms with E-state index >= 15 is 0 Å². The van der Waals surface area contributed by atoms with Crippen molar-refractivity contribution in [1.82, 2.24) is 24.8 Å². The minimum Gasteiger partial charge on any atom is -0.382 e. The zero-order valence-electron chi connectivity index (χ0n) is 21.3. The number of nitrogens with one attached hydrogen (secondary N) is 1. The lowest BCUT2D eigenvalue weighted by Gasteiger charge is -2.27. The van der Waals surface area contributed by atoms with Crippen molar-refractivity contribution in [3.8, 4) is 0 Å². The summed E-state index contributed by atoms with van der Waals surface area (Å²) in [6.45, 7) is 7.82. The van der Waals surface area contributed by atoms with Crippen molar-refractivity contribution in [1.29, 1.82) is 0 Å². The van der Waals surface area contributed by atoms with E-state index < -0.39 is 17.4 Å². The molecule has 0 aliphatic carbocycles. The molecule has 0 fully saturated rings. The molecule has 0 spiro atoms. The number of ether oxygens (including phenoxy) is 2. The van der Waals surface area contributed by atoms with Gasteiger partial charge in [0.25, 0.3) is 11.8 Å². The first-order chi connectivity index (χ1) is 17.7. The minimum atomic E-state index is -0.613. The van der Waals surface area contributed by atoms with Crippen LogP contribution in [0.4, 0.5) is 5.82 Å². The number of carbonyl (C=O) groups is 3. The topological polar surface area (TPSA) is 142 Å². The second kappa shape index (κ2) is 11.1. The second-order valence-electron chi connectivity index (χ2n) is 9.33. The Kier molecular flexibility index (Phi) is 7.84. The number of hydrogen-bond acceptors (Lipinski definition) is 8. The lowest BCUT2D eigenvalue weighted by atomic mass is 10.1. The molecule has 3 N–H and O–H groups in total. The molecule has 3 aromatic rings. The number of pyridine rings is 1. The number of benzene rings is 1. The van der Waals surface area contributed by atoms with E-state index in [0.29, 0.717) is 37.6 Å². The zero-order chi connectivity index (χ0) is 26.6. The third-order valence-electron chi connectivity index (χ3n) is 6.04. The molecule has 37 heavy (non-hydrogen) atoms. The van der Waals surface area contributed by atoms with Gasteiger partial charge in [-0.3, -0.25) is 19.3 Å². The number of nitrogens with zero attached hydrogens (tertiary/aromatic N) is 4. The summed E-state index contributed by atoms with van der Waals surface area (Å²) in [5, 5.41) is 3.71. The van der Waals surface area contributed by atoms with Gasteiger partial charge in [-0.15, -0.1) is 0 Å². The van der Waals surface area contributed by atoms with Gasteiger partial charge in [0.2, 0.25) is 5.91 Å². The van der Waals surface area contributed by atoms with Crippen LogP contribution in [0, 0.1) is 0 Å². The maximum Gasteiger partial charge on any atom is 0.253 e. The molecule has 0 radical (unpaired) electrons. The highest BCUT2D eigenvalue weighted by Crippen LogP contribution is 2.30. The van der Waals surface area contributed by atoms with Crippen LogP contribution in [0.15, 0.2) is 36.4 Å². The molecule has 196 valence electrons. The fourth-order valence-corrected chi connectivity index (χ4v) is 4.28. The van der Waals surface area contributed by atoms with Gasteiger partial charge in [-0.25, -0.2) is 9.97 Å².